The van der Waals surface area contributed by atoms with Crippen LogP contribution in [0.15, 0.2) is 114 Å². The van der Waals surface area contributed by atoms with Crippen molar-refractivity contribution in [3.05, 3.63) is 142 Å². The third kappa shape index (κ3) is 8.74. The smallest absolute Gasteiger partial charge is 0.293 e. The number of aromatic amines is 1. The Morgan fingerprint density at radius 2 is 1.72 bits per heavy atom. The first kappa shape index (κ1) is 40.3. The van der Waals surface area contributed by atoms with E-state index >= 15 is 0 Å². The molecule has 3 fully saturated rings. The van der Waals surface area contributed by atoms with Crippen LogP contribution in [-0.2, 0) is 14.8 Å². The molecule has 13 nitrogen and oxygen atoms in total. The monoisotopic (exact) mass is 840 g/mol. The maximum absolute atomic E-state index is 13.9. The molecule has 1 saturated carbocycles. The van der Waals surface area contributed by atoms with Gasteiger partial charge in [-0.1, -0.05) is 54.6 Å². The van der Waals surface area contributed by atoms with Crippen molar-refractivity contribution < 1.29 is 27.6 Å². The molecule has 1 amide bonds. The Bertz CT molecular complexity index is 2690. The number of likely N-dealkylation sites (tertiary alicyclic amines) is 1. The number of nitrogens with one attached hydrogen (secondary N) is 3. The number of aromatic nitrogens is 2. The molecule has 2 saturated heterocycles. The first-order valence-corrected chi connectivity index (χ1v) is 22.5. The lowest BCUT2D eigenvalue weighted by molar-refractivity contribution is -0.384. The van der Waals surface area contributed by atoms with Gasteiger partial charge < -0.3 is 19.8 Å². The Kier molecular flexibility index (Phi) is 11.3. The lowest BCUT2D eigenvalue weighted by Crippen LogP contribution is -2.31. The third-order valence-corrected chi connectivity index (χ3v) is 13.7. The molecule has 0 bridgehead atoms. The number of nitro groups is 1. The first-order valence-electron chi connectivity index (χ1n) is 21.0. The summed E-state index contributed by atoms with van der Waals surface area (Å²) in [7, 11) is -4.56. The van der Waals surface area contributed by atoms with Crippen LogP contribution in [0.25, 0.3) is 22.2 Å². The number of rotatable bonds is 14. The van der Waals surface area contributed by atoms with E-state index < -0.39 is 31.4 Å². The van der Waals surface area contributed by atoms with Crippen LogP contribution < -0.4 is 14.8 Å². The SMILES string of the molecule is CC(c1ccc(-c2ccc(C(=O)NS(=O)(=O)c3ccc(NCC4CCOCC4)c([N+](=O)[O-])c3)c(Oc3cnc4[nH]ccc4c3)c2)cc1)N1CCCC1c1ccccc1C1CC1. The molecule has 2 aromatic heterocycles. The van der Waals surface area contributed by atoms with Crippen LogP contribution in [0.5, 0.6) is 11.5 Å². The summed E-state index contributed by atoms with van der Waals surface area (Å²) in [5.41, 5.74) is 6.19. The average Bonchev–Trinajstić information content (AvgIpc) is 3.82. The van der Waals surface area contributed by atoms with E-state index in [1.165, 1.54) is 53.9 Å². The van der Waals surface area contributed by atoms with Gasteiger partial charge in [-0.15, -0.1) is 0 Å². The molecule has 314 valence electrons. The highest BCUT2D eigenvalue weighted by molar-refractivity contribution is 7.90. The quantitative estimate of drug-likeness (QED) is 0.0709. The van der Waals surface area contributed by atoms with Crippen molar-refractivity contribution in [3.8, 4) is 22.6 Å². The summed E-state index contributed by atoms with van der Waals surface area (Å²) in [4.78, 5) is 35.0. The number of ether oxygens (including phenoxy) is 2. The van der Waals surface area contributed by atoms with E-state index in [0.717, 1.165) is 54.8 Å². The number of amides is 1. The van der Waals surface area contributed by atoms with Gasteiger partial charge in [-0.3, -0.25) is 19.8 Å². The lowest BCUT2D eigenvalue weighted by atomic mass is 9.94. The van der Waals surface area contributed by atoms with Crippen molar-refractivity contribution in [1.29, 1.82) is 0 Å². The van der Waals surface area contributed by atoms with Crippen molar-refractivity contribution >= 4 is 38.3 Å². The first-order chi connectivity index (χ1) is 29.6. The second-order valence-electron chi connectivity index (χ2n) is 16.3. The highest BCUT2D eigenvalue weighted by Gasteiger charge is 2.35. The van der Waals surface area contributed by atoms with Crippen LogP contribution in [0.2, 0.25) is 0 Å². The average molecular weight is 841 g/mol. The number of benzene rings is 4. The summed E-state index contributed by atoms with van der Waals surface area (Å²) in [5.74, 6) is 0.443. The highest BCUT2D eigenvalue weighted by Crippen LogP contribution is 2.47. The highest BCUT2D eigenvalue weighted by atomic mass is 32.2. The minimum atomic E-state index is -4.56. The Morgan fingerprint density at radius 3 is 2.49 bits per heavy atom. The largest absolute Gasteiger partial charge is 0.455 e. The number of nitrogens with zero attached hydrogens (tertiary/aromatic N) is 3. The number of carbonyl (C=O) groups excluding carboxylic acids is 1. The van der Waals surface area contributed by atoms with Crippen LogP contribution in [0.1, 0.15) is 90.5 Å². The maximum Gasteiger partial charge on any atom is 0.293 e. The molecule has 0 radical (unpaired) electrons. The molecule has 14 heteroatoms. The Morgan fingerprint density at radius 1 is 0.951 bits per heavy atom. The van der Waals surface area contributed by atoms with Crippen molar-refractivity contribution in [2.24, 2.45) is 5.92 Å². The predicted molar refractivity (Wildman–Crippen MR) is 233 cm³/mol. The number of sulfonamides is 1. The van der Waals surface area contributed by atoms with E-state index in [1.807, 2.05) is 6.07 Å². The van der Waals surface area contributed by atoms with E-state index in [2.05, 4.69) is 80.4 Å². The molecule has 3 N–H and O–H groups in total. The van der Waals surface area contributed by atoms with E-state index in [4.69, 9.17) is 9.47 Å². The molecule has 3 aliphatic rings. The fraction of sp³-hybridized carbons (Fsp3) is 0.319. The minimum absolute atomic E-state index is 0.0532. The number of nitro benzene ring substituents is 1. The Balaban J connectivity index is 0.966. The summed E-state index contributed by atoms with van der Waals surface area (Å²) in [6.07, 6.45) is 9.77. The van der Waals surface area contributed by atoms with Crippen LogP contribution in [-0.4, -0.2) is 60.4 Å². The van der Waals surface area contributed by atoms with Crippen LogP contribution in [0.3, 0.4) is 0 Å². The van der Waals surface area contributed by atoms with Gasteiger partial charge in [-0.05, 0) is 128 Å². The fourth-order valence-electron chi connectivity index (χ4n) is 8.81. The molecule has 9 rings (SSSR count). The predicted octanol–water partition coefficient (Wildman–Crippen LogP) is 9.66. The summed E-state index contributed by atoms with van der Waals surface area (Å²) in [6.45, 7) is 5.04. The van der Waals surface area contributed by atoms with Crippen molar-refractivity contribution in [2.45, 2.75) is 68.3 Å². The molecule has 61 heavy (non-hydrogen) atoms. The second kappa shape index (κ2) is 17.1. The molecule has 4 aromatic carbocycles. The van der Waals surface area contributed by atoms with Gasteiger partial charge in [-0.2, -0.15) is 0 Å². The zero-order valence-corrected chi connectivity index (χ0v) is 34.7. The standard InChI is InChI=1S/C47H48N6O7S/c1-30(52-22-4-7-43(52)40-6-3-2-5-39(40)34-12-13-34)32-8-10-33(11-9-32)35-14-16-41(45(26-35)60-37-25-36-18-21-48-46(36)50-29-37)47(54)51-61(57,58)38-15-17-42(44(27-38)53(55)56)49-28-31-19-23-59-24-20-31/h2-3,5-6,8-11,14-18,21,25-27,29-31,34,43,49H,4,7,12-13,19-20,22-24,28H2,1H3,(H,48,50)(H,51,54). The zero-order valence-electron chi connectivity index (χ0n) is 33.9. The van der Waals surface area contributed by atoms with Gasteiger partial charge in [0.25, 0.3) is 21.6 Å². The third-order valence-electron chi connectivity index (χ3n) is 12.3. The number of carbonyl (C=O) groups is 1. The Hall–Kier alpha value is -6.09. The topological polar surface area (TPSA) is 169 Å². The second-order valence-corrected chi connectivity index (χ2v) is 18.0. The molecule has 1 aliphatic carbocycles. The van der Waals surface area contributed by atoms with Gasteiger partial charge in [0.15, 0.2) is 0 Å². The number of hydrogen-bond acceptors (Lipinski definition) is 10. The summed E-state index contributed by atoms with van der Waals surface area (Å²) in [6, 6.07) is 30.1. The number of fused-ring (bicyclic) bond motifs is 1. The van der Waals surface area contributed by atoms with E-state index in [-0.39, 0.29) is 29.0 Å². The molecule has 4 heterocycles. The normalized spacial score (nSPS) is 17.9. The van der Waals surface area contributed by atoms with Crippen LogP contribution in [0.4, 0.5) is 11.4 Å². The fourth-order valence-corrected chi connectivity index (χ4v) is 9.79. The van der Waals surface area contributed by atoms with Crippen LogP contribution in [0, 0.1) is 16.0 Å². The number of H-pyrrole nitrogens is 1. The molecule has 0 spiro atoms. The number of hydrogen-bond donors (Lipinski definition) is 3. The number of anilines is 1. The van der Waals surface area contributed by atoms with Gasteiger partial charge in [0.05, 0.1) is 21.6 Å². The molecular weight excluding hydrogens is 793 g/mol. The van der Waals surface area contributed by atoms with Crippen LogP contribution >= 0.6 is 0 Å². The molecule has 6 aromatic rings. The maximum atomic E-state index is 13.9. The van der Waals surface area contributed by atoms with Crippen molar-refractivity contribution in [2.75, 3.05) is 31.6 Å². The molecule has 2 unspecified atom stereocenters. The van der Waals surface area contributed by atoms with Gasteiger partial charge in [0.2, 0.25) is 0 Å². The van der Waals surface area contributed by atoms with Gasteiger partial charge in [0, 0.05) is 49.5 Å². The van der Waals surface area contributed by atoms with Gasteiger partial charge >= 0.3 is 0 Å². The summed E-state index contributed by atoms with van der Waals surface area (Å²) in [5, 5.41) is 16.0. The van der Waals surface area contributed by atoms with Gasteiger partial charge in [0.1, 0.15) is 22.8 Å². The molecule has 2 aliphatic heterocycles. The van der Waals surface area contributed by atoms with Crippen molar-refractivity contribution in [1.82, 2.24) is 19.6 Å². The van der Waals surface area contributed by atoms with E-state index in [9.17, 15) is 23.3 Å². The van der Waals surface area contributed by atoms with Gasteiger partial charge in [-0.25, -0.2) is 18.1 Å². The zero-order chi connectivity index (χ0) is 42.1. The summed E-state index contributed by atoms with van der Waals surface area (Å²) >= 11 is 0. The number of pyridine rings is 1. The van der Waals surface area contributed by atoms with Crippen molar-refractivity contribution in [3.63, 3.8) is 0 Å². The molecular formula is C47H48N6O7S. The Labute approximate surface area is 354 Å². The summed E-state index contributed by atoms with van der Waals surface area (Å²) < 4.78 is 41.2. The van der Waals surface area contributed by atoms with E-state index in [1.54, 1.807) is 24.4 Å². The van der Waals surface area contributed by atoms with E-state index in [0.29, 0.717) is 43.1 Å². The molecule has 2 atom stereocenters. The lowest BCUT2D eigenvalue weighted by Gasteiger charge is -2.32. The minimum Gasteiger partial charge on any atom is -0.455 e.